The van der Waals surface area contributed by atoms with Gasteiger partial charge in [-0.15, -0.1) is 10.2 Å². The van der Waals surface area contributed by atoms with Gasteiger partial charge >= 0.3 is 0 Å². The molecule has 0 aromatic carbocycles. The molecule has 0 fully saturated rings. The fourth-order valence-electron chi connectivity index (χ4n) is 1.06. The van der Waals surface area contributed by atoms with Crippen LogP contribution >= 0.6 is 11.6 Å². The zero-order valence-corrected chi connectivity index (χ0v) is 9.12. The number of rotatable bonds is 2. The first-order valence-electron chi connectivity index (χ1n) is 3.79. The lowest BCUT2D eigenvalue weighted by molar-refractivity contribution is 0.607. The molecule has 15 heavy (non-hydrogen) atoms. The van der Waals surface area contributed by atoms with E-state index in [1.54, 1.807) is 0 Å². The molecule has 2 heterocycles. The predicted octanol–water partition coefficient (Wildman–Crippen LogP) is 0.149. The van der Waals surface area contributed by atoms with Gasteiger partial charge in [-0.05, 0) is 11.6 Å². The number of aromatic nitrogens is 4. The number of fused-ring (bicyclic) bond motifs is 1. The summed E-state index contributed by atoms with van der Waals surface area (Å²) in [5.74, 6) is 0. The third-order valence-corrected chi connectivity index (χ3v) is 2.45. The lowest BCUT2D eigenvalue weighted by Crippen LogP contribution is -2.11. The van der Waals surface area contributed by atoms with Crippen LogP contribution in [-0.2, 0) is 10.0 Å². The van der Waals surface area contributed by atoms with Crippen LogP contribution in [-0.4, -0.2) is 34.3 Å². The first kappa shape index (κ1) is 10.1. The highest BCUT2D eigenvalue weighted by molar-refractivity contribution is 7.92. The summed E-state index contributed by atoms with van der Waals surface area (Å²) < 4.78 is 25.7. The van der Waals surface area contributed by atoms with E-state index in [2.05, 4.69) is 19.9 Å². The molecule has 0 spiro atoms. The standard InChI is InChI=1S/C6H6ClN5O2S/c1-15(13,14)11-4-2-8-6(7)12-3-9-10-5(4)12/h2-3,11H,1H3. The lowest BCUT2D eigenvalue weighted by atomic mass is 10.5. The van der Waals surface area contributed by atoms with Crippen LogP contribution in [0.15, 0.2) is 12.5 Å². The zero-order valence-electron chi connectivity index (χ0n) is 7.55. The Morgan fingerprint density at radius 2 is 2.27 bits per heavy atom. The number of nitrogens with zero attached hydrogens (tertiary/aromatic N) is 4. The highest BCUT2D eigenvalue weighted by atomic mass is 35.5. The van der Waals surface area contributed by atoms with Crippen molar-refractivity contribution >= 4 is 33.0 Å². The minimum Gasteiger partial charge on any atom is -0.278 e. The third kappa shape index (κ3) is 2.00. The molecule has 0 saturated heterocycles. The maximum Gasteiger partial charge on any atom is 0.229 e. The van der Waals surface area contributed by atoms with E-state index in [0.717, 1.165) is 6.26 Å². The van der Waals surface area contributed by atoms with Gasteiger partial charge in [0, 0.05) is 0 Å². The number of nitrogens with one attached hydrogen (secondary N) is 1. The smallest absolute Gasteiger partial charge is 0.229 e. The maximum absolute atomic E-state index is 11.0. The molecule has 0 aliphatic rings. The normalized spacial score (nSPS) is 11.9. The van der Waals surface area contributed by atoms with E-state index in [1.807, 2.05) is 0 Å². The van der Waals surface area contributed by atoms with E-state index in [9.17, 15) is 8.42 Å². The fraction of sp³-hybridized carbons (Fsp3) is 0.167. The van der Waals surface area contributed by atoms with Crippen molar-refractivity contribution in [3.05, 3.63) is 17.8 Å². The van der Waals surface area contributed by atoms with Crippen molar-refractivity contribution in [3.8, 4) is 0 Å². The molecule has 2 aromatic heterocycles. The summed E-state index contributed by atoms with van der Waals surface area (Å²) in [5.41, 5.74) is 0.542. The number of hydrogen-bond acceptors (Lipinski definition) is 5. The molecule has 80 valence electrons. The monoisotopic (exact) mass is 247 g/mol. The Morgan fingerprint density at radius 1 is 1.53 bits per heavy atom. The Bertz CT molecular complexity index is 607. The molecule has 2 aromatic rings. The van der Waals surface area contributed by atoms with Crippen LogP contribution in [0.4, 0.5) is 5.69 Å². The van der Waals surface area contributed by atoms with Crippen molar-refractivity contribution in [1.82, 2.24) is 19.6 Å². The molecule has 7 nitrogen and oxygen atoms in total. The van der Waals surface area contributed by atoms with Crippen molar-refractivity contribution in [3.63, 3.8) is 0 Å². The summed E-state index contributed by atoms with van der Waals surface area (Å²) in [6.45, 7) is 0. The van der Waals surface area contributed by atoms with Crippen LogP contribution in [0.3, 0.4) is 0 Å². The molecule has 1 N–H and O–H groups in total. The average molecular weight is 248 g/mol. The molecular formula is C6H6ClN5O2S. The summed E-state index contributed by atoms with van der Waals surface area (Å²) >= 11 is 5.74. The summed E-state index contributed by atoms with van der Waals surface area (Å²) in [5, 5.41) is 7.49. The van der Waals surface area contributed by atoms with Gasteiger partial charge in [-0.1, -0.05) is 0 Å². The van der Waals surface area contributed by atoms with Gasteiger partial charge in [0.2, 0.25) is 15.3 Å². The van der Waals surface area contributed by atoms with Crippen LogP contribution in [0.1, 0.15) is 0 Å². The molecule has 2 rings (SSSR count). The van der Waals surface area contributed by atoms with E-state index >= 15 is 0 Å². The first-order valence-corrected chi connectivity index (χ1v) is 6.06. The number of anilines is 1. The van der Waals surface area contributed by atoms with Gasteiger partial charge in [0.1, 0.15) is 12.0 Å². The summed E-state index contributed by atoms with van der Waals surface area (Å²) in [6.07, 6.45) is 3.67. The molecule has 0 amide bonds. The van der Waals surface area contributed by atoms with E-state index in [0.29, 0.717) is 5.65 Å². The molecular weight excluding hydrogens is 242 g/mol. The fourth-order valence-corrected chi connectivity index (χ4v) is 1.78. The molecule has 0 atom stereocenters. The van der Waals surface area contributed by atoms with Gasteiger partial charge in [0.05, 0.1) is 12.5 Å². The Hall–Kier alpha value is -1.41. The lowest BCUT2D eigenvalue weighted by Gasteiger charge is -2.04. The number of halogens is 1. The van der Waals surface area contributed by atoms with Crippen molar-refractivity contribution in [1.29, 1.82) is 0 Å². The predicted molar refractivity (Wildman–Crippen MR) is 54.3 cm³/mol. The number of sulfonamides is 1. The topological polar surface area (TPSA) is 89.2 Å². The maximum atomic E-state index is 11.0. The molecule has 0 saturated carbocycles. The van der Waals surface area contributed by atoms with Gasteiger partial charge in [0.15, 0.2) is 5.65 Å². The van der Waals surface area contributed by atoms with Gasteiger partial charge in [0.25, 0.3) is 0 Å². The van der Waals surface area contributed by atoms with Gasteiger partial charge in [-0.2, -0.15) is 0 Å². The van der Waals surface area contributed by atoms with Crippen molar-refractivity contribution in [2.75, 3.05) is 11.0 Å². The van der Waals surface area contributed by atoms with Gasteiger partial charge in [-0.3, -0.25) is 9.12 Å². The van der Waals surface area contributed by atoms with Crippen LogP contribution in [0.5, 0.6) is 0 Å². The summed E-state index contributed by atoms with van der Waals surface area (Å²) in [7, 11) is -3.37. The molecule has 0 radical (unpaired) electrons. The second-order valence-electron chi connectivity index (χ2n) is 2.84. The Morgan fingerprint density at radius 3 is 2.93 bits per heavy atom. The molecule has 0 aliphatic heterocycles. The van der Waals surface area contributed by atoms with Crippen molar-refractivity contribution in [2.24, 2.45) is 0 Å². The largest absolute Gasteiger partial charge is 0.278 e. The number of hydrogen-bond donors (Lipinski definition) is 1. The van der Waals surface area contributed by atoms with E-state index in [1.165, 1.54) is 16.9 Å². The van der Waals surface area contributed by atoms with E-state index in [-0.39, 0.29) is 11.0 Å². The molecule has 0 aliphatic carbocycles. The minimum atomic E-state index is -3.37. The third-order valence-electron chi connectivity index (χ3n) is 1.58. The van der Waals surface area contributed by atoms with Crippen molar-refractivity contribution < 1.29 is 8.42 Å². The summed E-state index contributed by atoms with van der Waals surface area (Å²) in [4.78, 5) is 3.79. The quantitative estimate of drug-likeness (QED) is 0.763. The Labute approximate surface area is 90.2 Å². The van der Waals surface area contributed by atoms with Gasteiger partial charge < -0.3 is 0 Å². The average Bonchev–Trinajstić information content (AvgIpc) is 2.57. The van der Waals surface area contributed by atoms with E-state index < -0.39 is 10.0 Å². The SMILES string of the molecule is CS(=O)(=O)Nc1cnc(Cl)n2cnnc12. The first-order chi connectivity index (χ1) is 6.97. The van der Waals surface area contributed by atoms with Crippen LogP contribution in [0, 0.1) is 0 Å². The zero-order chi connectivity index (χ0) is 11.1. The Balaban J connectivity index is 2.62. The second kappa shape index (κ2) is 3.31. The second-order valence-corrected chi connectivity index (χ2v) is 4.93. The summed E-state index contributed by atoms with van der Waals surface area (Å²) in [6, 6.07) is 0. The van der Waals surface area contributed by atoms with Crippen molar-refractivity contribution in [2.45, 2.75) is 0 Å². The Kier molecular flexibility index (Phi) is 2.24. The van der Waals surface area contributed by atoms with Crippen LogP contribution in [0.25, 0.3) is 5.65 Å². The van der Waals surface area contributed by atoms with Gasteiger partial charge in [-0.25, -0.2) is 13.4 Å². The van der Waals surface area contributed by atoms with Crippen LogP contribution < -0.4 is 4.72 Å². The van der Waals surface area contributed by atoms with E-state index in [4.69, 9.17) is 11.6 Å². The highest BCUT2D eigenvalue weighted by Crippen LogP contribution is 2.17. The molecule has 0 bridgehead atoms. The minimum absolute atomic E-state index is 0.161. The highest BCUT2D eigenvalue weighted by Gasteiger charge is 2.10. The molecule has 0 unspecified atom stereocenters. The van der Waals surface area contributed by atoms with Crippen LogP contribution in [0.2, 0.25) is 5.28 Å². The molecule has 9 heteroatoms.